The second kappa shape index (κ2) is 5.00. The smallest absolute Gasteiger partial charge is 0.251 e. The lowest BCUT2D eigenvalue weighted by Crippen LogP contribution is -2.22. The summed E-state index contributed by atoms with van der Waals surface area (Å²) in [6.07, 6.45) is 1.14. The first-order chi connectivity index (χ1) is 8.06. The van der Waals surface area contributed by atoms with Crippen molar-refractivity contribution in [2.45, 2.75) is 39.7 Å². The summed E-state index contributed by atoms with van der Waals surface area (Å²) >= 11 is 0. The van der Waals surface area contributed by atoms with Gasteiger partial charge in [0.15, 0.2) is 0 Å². The van der Waals surface area contributed by atoms with Gasteiger partial charge in [0, 0.05) is 18.5 Å². The summed E-state index contributed by atoms with van der Waals surface area (Å²) < 4.78 is 0. The molecule has 0 bridgehead atoms. The third kappa shape index (κ3) is 3.40. The molecule has 0 spiro atoms. The van der Waals surface area contributed by atoms with Crippen LogP contribution >= 0.6 is 0 Å². The molecular formula is C13H21N3O. The summed E-state index contributed by atoms with van der Waals surface area (Å²) in [4.78, 5) is 18.9. The average Bonchev–Trinajstić information content (AvgIpc) is 2.94. The molecule has 94 valence electrons. The minimum atomic E-state index is -0.0320. The van der Waals surface area contributed by atoms with E-state index in [9.17, 15) is 4.79 Å². The molecule has 0 aromatic carbocycles. The van der Waals surface area contributed by atoms with E-state index in [1.807, 2.05) is 0 Å². The van der Waals surface area contributed by atoms with Gasteiger partial charge in [0.25, 0.3) is 5.56 Å². The highest BCUT2D eigenvalue weighted by Crippen LogP contribution is 2.44. The summed E-state index contributed by atoms with van der Waals surface area (Å²) in [5.41, 5.74) is 0.818. The van der Waals surface area contributed by atoms with Crippen molar-refractivity contribution in [1.82, 2.24) is 15.3 Å². The normalized spacial score (nSPS) is 23.1. The van der Waals surface area contributed by atoms with Gasteiger partial charge >= 0.3 is 0 Å². The summed E-state index contributed by atoms with van der Waals surface area (Å²) in [5, 5.41) is 3.31. The highest BCUT2D eigenvalue weighted by atomic mass is 16.1. The molecule has 2 atom stereocenters. The van der Waals surface area contributed by atoms with Crippen molar-refractivity contribution in [3.63, 3.8) is 0 Å². The maximum Gasteiger partial charge on any atom is 0.251 e. The maximum atomic E-state index is 11.5. The van der Waals surface area contributed by atoms with E-state index in [-0.39, 0.29) is 5.56 Å². The second-order valence-electron chi connectivity index (χ2n) is 5.47. The predicted octanol–water partition coefficient (Wildman–Crippen LogP) is 1.64. The SMILES string of the molecule is CC(C)CNCc1cc(=O)[nH]c(C2CC2C)n1. The molecule has 2 N–H and O–H groups in total. The number of nitrogens with zero attached hydrogens (tertiary/aromatic N) is 1. The van der Waals surface area contributed by atoms with E-state index in [1.54, 1.807) is 6.07 Å². The Kier molecular flexibility index (Phi) is 3.62. The van der Waals surface area contributed by atoms with Gasteiger partial charge in [-0.2, -0.15) is 0 Å². The van der Waals surface area contributed by atoms with Crippen molar-refractivity contribution in [3.8, 4) is 0 Å². The lowest BCUT2D eigenvalue weighted by molar-refractivity contribution is 0.546. The Morgan fingerprint density at radius 2 is 2.29 bits per heavy atom. The predicted molar refractivity (Wildman–Crippen MR) is 67.9 cm³/mol. The van der Waals surface area contributed by atoms with E-state index in [0.717, 1.165) is 24.5 Å². The van der Waals surface area contributed by atoms with Gasteiger partial charge in [0.2, 0.25) is 0 Å². The molecular weight excluding hydrogens is 214 g/mol. The van der Waals surface area contributed by atoms with E-state index in [2.05, 4.69) is 36.1 Å². The van der Waals surface area contributed by atoms with Crippen LogP contribution in [0, 0.1) is 11.8 Å². The van der Waals surface area contributed by atoms with Crippen molar-refractivity contribution >= 4 is 0 Å². The third-order valence-electron chi connectivity index (χ3n) is 3.13. The molecule has 1 aromatic heterocycles. The Bertz CT molecular complexity index is 439. The van der Waals surface area contributed by atoms with Crippen LogP contribution in [0.1, 0.15) is 44.6 Å². The van der Waals surface area contributed by atoms with Crippen molar-refractivity contribution in [2.75, 3.05) is 6.54 Å². The first-order valence-corrected chi connectivity index (χ1v) is 6.37. The monoisotopic (exact) mass is 235 g/mol. The molecule has 0 aliphatic heterocycles. The van der Waals surface area contributed by atoms with Gasteiger partial charge < -0.3 is 10.3 Å². The summed E-state index contributed by atoms with van der Waals surface area (Å²) in [7, 11) is 0. The van der Waals surface area contributed by atoms with E-state index in [0.29, 0.717) is 24.3 Å². The lowest BCUT2D eigenvalue weighted by Gasteiger charge is -2.07. The lowest BCUT2D eigenvalue weighted by atomic mass is 10.2. The number of hydrogen-bond donors (Lipinski definition) is 2. The van der Waals surface area contributed by atoms with Gasteiger partial charge in [-0.1, -0.05) is 20.8 Å². The standard InChI is InChI=1S/C13H21N3O/c1-8(2)6-14-7-10-5-12(17)16-13(15-10)11-4-9(11)3/h5,8-9,11,14H,4,6-7H2,1-3H3,(H,15,16,17). The maximum absolute atomic E-state index is 11.5. The number of H-pyrrole nitrogens is 1. The number of nitrogens with one attached hydrogen (secondary N) is 2. The van der Waals surface area contributed by atoms with Crippen molar-refractivity contribution in [3.05, 3.63) is 27.9 Å². The average molecular weight is 235 g/mol. The second-order valence-corrected chi connectivity index (χ2v) is 5.47. The van der Waals surface area contributed by atoms with Gasteiger partial charge in [-0.3, -0.25) is 4.79 Å². The van der Waals surface area contributed by atoms with Crippen LogP contribution < -0.4 is 10.9 Å². The van der Waals surface area contributed by atoms with Crippen LogP contribution in [0.5, 0.6) is 0 Å². The molecule has 0 radical (unpaired) electrons. The number of hydrogen-bond acceptors (Lipinski definition) is 3. The summed E-state index contributed by atoms with van der Waals surface area (Å²) in [5.74, 6) is 2.61. The van der Waals surface area contributed by atoms with E-state index >= 15 is 0 Å². The molecule has 0 amide bonds. The molecule has 1 fully saturated rings. The van der Waals surface area contributed by atoms with Crippen molar-refractivity contribution < 1.29 is 0 Å². The molecule has 1 heterocycles. The van der Waals surface area contributed by atoms with Crippen LogP contribution in [-0.2, 0) is 6.54 Å². The Morgan fingerprint density at radius 3 is 2.88 bits per heavy atom. The van der Waals surface area contributed by atoms with Crippen LogP contribution in [0.4, 0.5) is 0 Å². The first kappa shape index (κ1) is 12.3. The van der Waals surface area contributed by atoms with Gasteiger partial charge in [-0.15, -0.1) is 0 Å². The zero-order valence-corrected chi connectivity index (χ0v) is 10.8. The fourth-order valence-electron chi connectivity index (χ4n) is 1.99. The van der Waals surface area contributed by atoms with E-state index in [4.69, 9.17) is 0 Å². The van der Waals surface area contributed by atoms with Gasteiger partial charge in [-0.25, -0.2) is 4.98 Å². The molecule has 17 heavy (non-hydrogen) atoms. The molecule has 1 aliphatic carbocycles. The van der Waals surface area contributed by atoms with Crippen LogP contribution in [0.2, 0.25) is 0 Å². The Balaban J connectivity index is 2.02. The van der Waals surface area contributed by atoms with E-state index < -0.39 is 0 Å². The summed E-state index contributed by atoms with van der Waals surface area (Å²) in [6.45, 7) is 8.14. The Hall–Kier alpha value is -1.16. The number of aromatic nitrogens is 2. The largest absolute Gasteiger partial charge is 0.311 e. The fraction of sp³-hybridized carbons (Fsp3) is 0.692. The van der Waals surface area contributed by atoms with Gasteiger partial charge in [-0.05, 0) is 24.8 Å². The Labute approximate surface area is 102 Å². The van der Waals surface area contributed by atoms with Crippen LogP contribution in [0.3, 0.4) is 0 Å². The van der Waals surface area contributed by atoms with Crippen molar-refractivity contribution in [1.29, 1.82) is 0 Å². The molecule has 1 aromatic rings. The highest BCUT2D eigenvalue weighted by Gasteiger charge is 2.36. The van der Waals surface area contributed by atoms with Crippen LogP contribution in [-0.4, -0.2) is 16.5 Å². The molecule has 1 saturated carbocycles. The third-order valence-corrected chi connectivity index (χ3v) is 3.13. The molecule has 4 nitrogen and oxygen atoms in total. The minimum Gasteiger partial charge on any atom is -0.311 e. The minimum absolute atomic E-state index is 0.0320. The summed E-state index contributed by atoms with van der Waals surface area (Å²) in [6, 6.07) is 1.59. The number of aromatic amines is 1. The topological polar surface area (TPSA) is 57.8 Å². The zero-order chi connectivity index (χ0) is 12.4. The van der Waals surface area contributed by atoms with E-state index in [1.165, 1.54) is 0 Å². The van der Waals surface area contributed by atoms with Crippen LogP contribution in [0.15, 0.2) is 10.9 Å². The molecule has 2 unspecified atom stereocenters. The molecule has 0 saturated heterocycles. The quantitative estimate of drug-likeness (QED) is 0.815. The molecule has 2 rings (SSSR count). The van der Waals surface area contributed by atoms with Crippen molar-refractivity contribution in [2.24, 2.45) is 11.8 Å². The van der Waals surface area contributed by atoms with Crippen LogP contribution in [0.25, 0.3) is 0 Å². The molecule has 1 aliphatic rings. The van der Waals surface area contributed by atoms with Gasteiger partial charge in [0.05, 0.1) is 5.69 Å². The van der Waals surface area contributed by atoms with Gasteiger partial charge in [0.1, 0.15) is 5.82 Å². The Morgan fingerprint density at radius 1 is 1.59 bits per heavy atom. The number of rotatable bonds is 5. The zero-order valence-electron chi connectivity index (χ0n) is 10.8. The molecule has 4 heteroatoms. The highest BCUT2D eigenvalue weighted by molar-refractivity contribution is 5.12. The fourth-order valence-corrected chi connectivity index (χ4v) is 1.99. The first-order valence-electron chi connectivity index (χ1n) is 6.37.